The molecular weight excluding hydrogens is 174 g/mol. The second-order valence-corrected chi connectivity index (χ2v) is 3.08. The van der Waals surface area contributed by atoms with Crippen LogP contribution in [0.25, 0.3) is 11.0 Å². The molecule has 0 saturated carbocycles. The molecule has 1 aromatic heterocycles. The van der Waals surface area contributed by atoms with Crippen molar-refractivity contribution in [3.63, 3.8) is 0 Å². The van der Waals surface area contributed by atoms with Crippen LogP contribution < -0.4 is 0 Å². The summed E-state index contributed by atoms with van der Waals surface area (Å²) in [7, 11) is 0. The highest BCUT2D eigenvalue weighted by Crippen LogP contribution is 2.12. The van der Waals surface area contributed by atoms with Crippen molar-refractivity contribution >= 4 is 11.0 Å². The third-order valence-corrected chi connectivity index (χ3v) is 2.09. The number of nitriles is 1. The van der Waals surface area contributed by atoms with Crippen LogP contribution in [0.3, 0.4) is 0 Å². The number of rotatable bonds is 1. The highest BCUT2D eigenvalue weighted by molar-refractivity contribution is 5.74. The highest BCUT2D eigenvalue weighted by atomic mass is 14.8. The molecule has 0 aliphatic rings. The van der Waals surface area contributed by atoms with Gasteiger partial charge in [0.1, 0.15) is 0 Å². The molecule has 0 spiro atoms. The summed E-state index contributed by atoms with van der Waals surface area (Å²) < 4.78 is 0. The molecule has 1 heterocycles. The van der Waals surface area contributed by atoms with Crippen LogP contribution in [-0.2, 0) is 6.42 Å². The monoisotopic (exact) mass is 183 g/mol. The quantitative estimate of drug-likeness (QED) is 0.679. The molecule has 14 heavy (non-hydrogen) atoms. The van der Waals surface area contributed by atoms with E-state index < -0.39 is 0 Å². The summed E-state index contributed by atoms with van der Waals surface area (Å²) in [6.07, 6.45) is 0.323. The maximum Gasteiger partial charge on any atom is 0.0890 e. The lowest BCUT2D eigenvalue weighted by Crippen LogP contribution is -1.97. The SMILES string of the molecule is Cc1nc2ccccc2nc1CC#N. The van der Waals surface area contributed by atoms with E-state index in [1.54, 1.807) is 0 Å². The molecule has 0 saturated heterocycles. The number of aromatic nitrogens is 2. The molecule has 0 atom stereocenters. The maximum atomic E-state index is 8.60. The predicted octanol–water partition coefficient (Wildman–Crippen LogP) is 2.00. The van der Waals surface area contributed by atoms with Crippen LogP contribution in [0.15, 0.2) is 24.3 Å². The van der Waals surface area contributed by atoms with Gasteiger partial charge in [0.05, 0.1) is 34.9 Å². The molecule has 1 aromatic carbocycles. The van der Waals surface area contributed by atoms with Gasteiger partial charge in [0.25, 0.3) is 0 Å². The van der Waals surface area contributed by atoms with Crippen LogP contribution in [0.1, 0.15) is 11.4 Å². The van der Waals surface area contributed by atoms with Crippen molar-refractivity contribution in [1.82, 2.24) is 9.97 Å². The molecule has 0 unspecified atom stereocenters. The molecule has 68 valence electrons. The zero-order valence-corrected chi connectivity index (χ0v) is 7.86. The van der Waals surface area contributed by atoms with Crippen LogP contribution in [0, 0.1) is 18.3 Å². The molecular formula is C11H9N3. The fourth-order valence-corrected chi connectivity index (χ4v) is 1.37. The van der Waals surface area contributed by atoms with Gasteiger partial charge in [0, 0.05) is 0 Å². The molecule has 0 radical (unpaired) electrons. The lowest BCUT2D eigenvalue weighted by Gasteiger charge is -2.02. The minimum absolute atomic E-state index is 0.323. The summed E-state index contributed by atoms with van der Waals surface area (Å²) >= 11 is 0. The largest absolute Gasteiger partial charge is 0.250 e. The van der Waals surface area contributed by atoms with E-state index >= 15 is 0 Å². The van der Waals surface area contributed by atoms with Gasteiger partial charge in [-0.3, -0.25) is 0 Å². The third-order valence-electron chi connectivity index (χ3n) is 2.09. The van der Waals surface area contributed by atoms with Crippen LogP contribution in [0.5, 0.6) is 0 Å². The Balaban J connectivity index is 2.66. The van der Waals surface area contributed by atoms with Gasteiger partial charge in [-0.05, 0) is 19.1 Å². The Bertz CT molecular complexity index is 511. The Kier molecular flexibility index (Phi) is 2.11. The summed E-state index contributed by atoms with van der Waals surface area (Å²) in [5, 5.41) is 8.60. The normalized spacial score (nSPS) is 10.0. The van der Waals surface area contributed by atoms with Gasteiger partial charge in [0.2, 0.25) is 0 Å². The second kappa shape index (κ2) is 3.43. The van der Waals surface area contributed by atoms with Crippen LogP contribution >= 0.6 is 0 Å². The second-order valence-electron chi connectivity index (χ2n) is 3.08. The summed E-state index contributed by atoms with van der Waals surface area (Å²) in [4.78, 5) is 8.76. The van der Waals surface area contributed by atoms with Gasteiger partial charge >= 0.3 is 0 Å². The summed E-state index contributed by atoms with van der Waals surface area (Å²) in [5.41, 5.74) is 3.34. The molecule has 3 nitrogen and oxygen atoms in total. The van der Waals surface area contributed by atoms with Gasteiger partial charge in [-0.15, -0.1) is 0 Å². The molecule has 0 aliphatic heterocycles. The van der Waals surface area contributed by atoms with Crippen molar-refractivity contribution < 1.29 is 0 Å². The fourth-order valence-electron chi connectivity index (χ4n) is 1.37. The molecule has 3 heteroatoms. The topological polar surface area (TPSA) is 49.6 Å². The summed E-state index contributed by atoms with van der Waals surface area (Å²) in [6, 6.07) is 9.76. The lowest BCUT2D eigenvalue weighted by molar-refractivity contribution is 1.05. The highest BCUT2D eigenvalue weighted by Gasteiger charge is 2.03. The van der Waals surface area contributed by atoms with E-state index in [1.807, 2.05) is 31.2 Å². The molecule has 0 N–H and O–H groups in total. The van der Waals surface area contributed by atoms with Crippen molar-refractivity contribution in [2.75, 3.05) is 0 Å². The van der Waals surface area contributed by atoms with Crippen molar-refractivity contribution in [1.29, 1.82) is 5.26 Å². The van der Waals surface area contributed by atoms with Crippen LogP contribution in [-0.4, -0.2) is 9.97 Å². The van der Waals surface area contributed by atoms with E-state index in [-0.39, 0.29) is 0 Å². The first-order valence-electron chi connectivity index (χ1n) is 4.40. The molecule has 2 rings (SSSR count). The number of benzene rings is 1. The number of nitrogens with zero attached hydrogens (tertiary/aromatic N) is 3. The zero-order chi connectivity index (χ0) is 9.97. The number of hydrogen-bond donors (Lipinski definition) is 0. The Hall–Kier alpha value is -1.95. The van der Waals surface area contributed by atoms with Crippen LogP contribution in [0.4, 0.5) is 0 Å². The smallest absolute Gasteiger partial charge is 0.0890 e. The Morgan fingerprint density at radius 2 is 1.86 bits per heavy atom. The third kappa shape index (κ3) is 1.42. The molecule has 0 bridgehead atoms. The van der Waals surface area contributed by atoms with Crippen molar-refractivity contribution in [2.24, 2.45) is 0 Å². The average Bonchev–Trinajstić information content (AvgIpc) is 2.19. The van der Waals surface area contributed by atoms with Crippen LogP contribution in [0.2, 0.25) is 0 Å². The van der Waals surface area contributed by atoms with E-state index in [1.165, 1.54) is 0 Å². The number of fused-ring (bicyclic) bond motifs is 1. The number of hydrogen-bond acceptors (Lipinski definition) is 3. The molecule has 0 aliphatic carbocycles. The van der Waals surface area contributed by atoms with E-state index in [0.29, 0.717) is 6.42 Å². The summed E-state index contributed by atoms with van der Waals surface area (Å²) in [5.74, 6) is 0. The molecule has 0 amide bonds. The first-order valence-corrected chi connectivity index (χ1v) is 4.40. The average molecular weight is 183 g/mol. The standard InChI is InChI=1S/C11H9N3/c1-8-9(6-7-12)14-11-5-3-2-4-10(11)13-8/h2-5H,6H2,1H3. The molecule has 0 fully saturated rings. The van der Waals surface area contributed by atoms with Gasteiger partial charge in [-0.1, -0.05) is 12.1 Å². The van der Waals surface area contributed by atoms with Gasteiger partial charge in [0.15, 0.2) is 0 Å². The molecule has 2 aromatic rings. The van der Waals surface area contributed by atoms with Crippen molar-refractivity contribution in [3.05, 3.63) is 35.7 Å². The maximum absolute atomic E-state index is 8.60. The van der Waals surface area contributed by atoms with Crippen molar-refractivity contribution in [3.8, 4) is 6.07 Å². The Morgan fingerprint density at radius 3 is 2.50 bits per heavy atom. The van der Waals surface area contributed by atoms with E-state index in [2.05, 4.69) is 16.0 Å². The van der Waals surface area contributed by atoms with E-state index in [4.69, 9.17) is 5.26 Å². The zero-order valence-electron chi connectivity index (χ0n) is 7.86. The Morgan fingerprint density at radius 1 is 1.21 bits per heavy atom. The lowest BCUT2D eigenvalue weighted by atomic mass is 10.2. The number of aryl methyl sites for hydroxylation is 1. The van der Waals surface area contributed by atoms with E-state index in [0.717, 1.165) is 22.4 Å². The fraction of sp³-hybridized carbons (Fsp3) is 0.182. The Labute approximate surface area is 82.0 Å². The predicted molar refractivity (Wildman–Crippen MR) is 53.6 cm³/mol. The van der Waals surface area contributed by atoms with Crippen molar-refractivity contribution in [2.45, 2.75) is 13.3 Å². The van der Waals surface area contributed by atoms with E-state index in [9.17, 15) is 0 Å². The van der Waals surface area contributed by atoms with Gasteiger partial charge in [-0.2, -0.15) is 5.26 Å². The first kappa shape index (κ1) is 8.64. The van der Waals surface area contributed by atoms with Gasteiger partial charge in [-0.25, -0.2) is 9.97 Å². The minimum Gasteiger partial charge on any atom is -0.250 e. The number of para-hydroxylation sites is 2. The first-order chi connectivity index (χ1) is 6.81. The van der Waals surface area contributed by atoms with Gasteiger partial charge < -0.3 is 0 Å². The summed E-state index contributed by atoms with van der Waals surface area (Å²) in [6.45, 7) is 1.88. The minimum atomic E-state index is 0.323.